The molecule has 1 fully saturated rings. The fraction of sp³-hybridized carbons (Fsp3) is 0.280. The van der Waals surface area contributed by atoms with Gasteiger partial charge in [0.05, 0.1) is 43.5 Å². The van der Waals surface area contributed by atoms with Crippen LogP contribution in [0.4, 0.5) is 13.2 Å². The third-order valence-electron chi connectivity index (χ3n) is 5.69. The molecule has 10 heteroatoms. The molecule has 0 unspecified atom stereocenters. The Balaban J connectivity index is 1.66. The number of nitrogens with zero attached hydrogens (tertiary/aromatic N) is 3. The first-order valence-electron chi connectivity index (χ1n) is 10.9. The van der Waals surface area contributed by atoms with E-state index >= 15 is 0 Å². The Morgan fingerprint density at radius 3 is 2.51 bits per heavy atom. The van der Waals surface area contributed by atoms with Crippen molar-refractivity contribution < 1.29 is 32.5 Å². The summed E-state index contributed by atoms with van der Waals surface area (Å²) >= 11 is 0. The highest BCUT2D eigenvalue weighted by atomic mass is 19.2. The van der Waals surface area contributed by atoms with Gasteiger partial charge in [0.25, 0.3) is 5.91 Å². The van der Waals surface area contributed by atoms with Crippen LogP contribution in [-0.2, 0) is 9.53 Å². The van der Waals surface area contributed by atoms with Crippen molar-refractivity contribution in [2.24, 2.45) is 0 Å². The van der Waals surface area contributed by atoms with E-state index < -0.39 is 35.5 Å². The van der Waals surface area contributed by atoms with Crippen molar-refractivity contribution in [1.29, 1.82) is 0 Å². The molecule has 35 heavy (non-hydrogen) atoms. The van der Waals surface area contributed by atoms with Crippen LogP contribution in [-0.4, -0.2) is 51.8 Å². The first kappa shape index (κ1) is 24.3. The summed E-state index contributed by atoms with van der Waals surface area (Å²) in [5.74, 6) is -4.48. The van der Waals surface area contributed by atoms with Crippen LogP contribution >= 0.6 is 0 Å². The fourth-order valence-electron chi connectivity index (χ4n) is 4.09. The van der Waals surface area contributed by atoms with Gasteiger partial charge in [0, 0.05) is 6.20 Å². The number of aromatic nitrogens is 2. The average Bonchev–Trinajstić information content (AvgIpc) is 3.25. The molecule has 1 aromatic heterocycles. The molecule has 1 N–H and O–H groups in total. The number of carbonyl (C=O) groups is 1. The molecule has 4 rings (SSSR count). The van der Waals surface area contributed by atoms with E-state index in [4.69, 9.17) is 9.47 Å². The average molecular weight is 487 g/mol. The van der Waals surface area contributed by atoms with Gasteiger partial charge in [-0.3, -0.25) is 4.79 Å². The summed E-state index contributed by atoms with van der Waals surface area (Å²) in [5, 5.41) is 10.4. The van der Waals surface area contributed by atoms with E-state index in [-0.39, 0.29) is 24.5 Å². The quantitative estimate of drug-likeness (QED) is 0.421. The van der Waals surface area contributed by atoms with Crippen LogP contribution in [0.25, 0.3) is 11.8 Å². The second kappa shape index (κ2) is 9.83. The van der Waals surface area contributed by atoms with Crippen molar-refractivity contribution in [3.05, 3.63) is 82.9 Å². The van der Waals surface area contributed by atoms with Gasteiger partial charge in [-0.1, -0.05) is 6.07 Å². The summed E-state index contributed by atoms with van der Waals surface area (Å²) in [6.45, 7) is 3.41. The Morgan fingerprint density at radius 2 is 1.91 bits per heavy atom. The Kier molecular flexibility index (Phi) is 6.83. The summed E-state index contributed by atoms with van der Waals surface area (Å²) < 4.78 is 54.1. The van der Waals surface area contributed by atoms with Crippen molar-refractivity contribution in [2.45, 2.75) is 26.0 Å². The molecule has 2 aromatic carbocycles. The van der Waals surface area contributed by atoms with Crippen molar-refractivity contribution in [2.75, 3.05) is 20.3 Å². The minimum atomic E-state index is -1.62. The standard InChI is InChI=1S/C25H24F3N3O4/c1-14-12-30(13-29-14)20-5-4-16(8-21(20)34-3)9-22-25(33)31(6-7-35-22)24(15(2)32)17-10-18(26)23(28)19(27)11-17/h4-5,8-13,15,24,32H,6-7H2,1-3H3/t15-,24+/m1/s1. The smallest absolute Gasteiger partial charge is 0.289 e. The maximum absolute atomic E-state index is 13.9. The van der Waals surface area contributed by atoms with E-state index in [0.717, 1.165) is 23.5 Å². The van der Waals surface area contributed by atoms with Gasteiger partial charge in [-0.05, 0) is 55.3 Å². The molecule has 1 amide bonds. The molecule has 0 aliphatic carbocycles. The molecular weight excluding hydrogens is 463 g/mol. The number of halogens is 3. The van der Waals surface area contributed by atoms with Crippen molar-refractivity contribution in [3.8, 4) is 11.4 Å². The van der Waals surface area contributed by atoms with Gasteiger partial charge in [-0.25, -0.2) is 18.2 Å². The summed E-state index contributed by atoms with van der Waals surface area (Å²) in [7, 11) is 1.53. The lowest BCUT2D eigenvalue weighted by atomic mass is 9.99. The first-order chi connectivity index (χ1) is 16.7. The molecule has 0 radical (unpaired) electrons. The minimum Gasteiger partial charge on any atom is -0.495 e. The second-order valence-electron chi connectivity index (χ2n) is 8.19. The Hall–Kier alpha value is -3.79. The van der Waals surface area contributed by atoms with Crippen molar-refractivity contribution in [1.82, 2.24) is 14.5 Å². The number of morpholine rings is 1. The van der Waals surface area contributed by atoms with Gasteiger partial charge in [0.1, 0.15) is 12.4 Å². The Labute approximate surface area is 200 Å². The van der Waals surface area contributed by atoms with Crippen LogP contribution in [0.1, 0.15) is 29.8 Å². The number of rotatable bonds is 6. The highest BCUT2D eigenvalue weighted by molar-refractivity contribution is 5.96. The lowest BCUT2D eigenvalue weighted by molar-refractivity contribution is -0.141. The molecule has 1 aliphatic rings. The first-order valence-corrected chi connectivity index (χ1v) is 10.9. The number of imidazole rings is 1. The molecule has 0 saturated carbocycles. The van der Waals surface area contributed by atoms with Crippen LogP contribution in [0.2, 0.25) is 0 Å². The lowest BCUT2D eigenvalue weighted by Crippen LogP contribution is -2.46. The predicted molar refractivity (Wildman–Crippen MR) is 121 cm³/mol. The van der Waals surface area contributed by atoms with E-state index in [1.165, 1.54) is 25.0 Å². The van der Waals surface area contributed by atoms with E-state index in [1.54, 1.807) is 24.5 Å². The molecule has 2 heterocycles. The topological polar surface area (TPSA) is 76.8 Å². The predicted octanol–water partition coefficient (Wildman–Crippen LogP) is 3.93. The largest absolute Gasteiger partial charge is 0.495 e. The molecule has 184 valence electrons. The maximum atomic E-state index is 13.9. The Bertz CT molecular complexity index is 1270. The monoisotopic (exact) mass is 487 g/mol. The van der Waals surface area contributed by atoms with E-state index in [0.29, 0.717) is 11.3 Å². The van der Waals surface area contributed by atoms with Gasteiger partial charge < -0.3 is 24.0 Å². The van der Waals surface area contributed by atoms with Crippen molar-refractivity contribution >= 4 is 12.0 Å². The molecule has 3 aromatic rings. The van der Waals surface area contributed by atoms with Gasteiger partial charge in [-0.2, -0.15) is 0 Å². The summed E-state index contributed by atoms with van der Waals surface area (Å²) in [6.07, 6.45) is 3.83. The molecule has 0 bridgehead atoms. The third-order valence-corrected chi connectivity index (χ3v) is 5.69. The van der Waals surface area contributed by atoms with E-state index in [2.05, 4.69) is 4.98 Å². The normalized spacial score (nSPS) is 16.8. The zero-order valence-corrected chi connectivity index (χ0v) is 19.3. The number of aliphatic hydroxyl groups excluding tert-OH is 1. The van der Waals surface area contributed by atoms with Crippen molar-refractivity contribution in [3.63, 3.8) is 0 Å². The molecular formula is C25H24F3N3O4. The van der Waals surface area contributed by atoms with Gasteiger partial charge in [0.2, 0.25) is 0 Å². The SMILES string of the molecule is COc1cc(C=C2OCCN([C@H](c3cc(F)c(F)c(F)c3)[C@@H](C)O)C2=O)ccc1-n1cnc(C)c1. The highest BCUT2D eigenvalue weighted by Crippen LogP contribution is 2.32. The zero-order valence-electron chi connectivity index (χ0n) is 19.3. The molecule has 2 atom stereocenters. The third kappa shape index (κ3) is 4.88. The van der Waals surface area contributed by atoms with Crippen LogP contribution in [0, 0.1) is 24.4 Å². The van der Waals surface area contributed by atoms with Crippen LogP contribution in [0.5, 0.6) is 5.75 Å². The second-order valence-corrected chi connectivity index (χ2v) is 8.19. The molecule has 7 nitrogen and oxygen atoms in total. The van der Waals surface area contributed by atoms with Gasteiger partial charge >= 0.3 is 0 Å². The summed E-state index contributed by atoms with van der Waals surface area (Å²) in [4.78, 5) is 18.7. The zero-order chi connectivity index (χ0) is 25.3. The molecule has 1 aliphatic heterocycles. The lowest BCUT2D eigenvalue weighted by Gasteiger charge is -2.37. The Morgan fingerprint density at radius 1 is 1.20 bits per heavy atom. The fourth-order valence-corrected chi connectivity index (χ4v) is 4.09. The number of benzene rings is 2. The van der Waals surface area contributed by atoms with E-state index in [9.17, 15) is 23.1 Å². The highest BCUT2D eigenvalue weighted by Gasteiger charge is 2.35. The number of methoxy groups -OCH3 is 1. The number of carbonyl (C=O) groups excluding carboxylic acids is 1. The number of hydrogen-bond donors (Lipinski definition) is 1. The molecule has 1 saturated heterocycles. The minimum absolute atomic E-state index is 0.0155. The number of amides is 1. The van der Waals surface area contributed by atoms with Gasteiger partial charge in [0.15, 0.2) is 23.2 Å². The number of hydrogen-bond acceptors (Lipinski definition) is 5. The van der Waals surface area contributed by atoms with Crippen LogP contribution < -0.4 is 4.74 Å². The van der Waals surface area contributed by atoms with E-state index in [1.807, 2.05) is 17.7 Å². The van der Waals surface area contributed by atoms with Gasteiger partial charge in [-0.15, -0.1) is 0 Å². The number of ether oxygens (including phenoxy) is 2. The molecule has 0 spiro atoms. The van der Waals surface area contributed by atoms with Crippen LogP contribution in [0.3, 0.4) is 0 Å². The number of aryl methyl sites for hydroxylation is 1. The summed E-state index contributed by atoms with van der Waals surface area (Å²) in [6, 6.07) is 5.75. The van der Waals surface area contributed by atoms with Crippen LogP contribution in [0.15, 0.2) is 48.6 Å². The maximum Gasteiger partial charge on any atom is 0.289 e. The summed E-state index contributed by atoms with van der Waals surface area (Å²) in [5.41, 5.74) is 2.14. The number of aliphatic hydroxyl groups is 1.